The average Bonchev–Trinajstić information content (AvgIpc) is 3.18. The van der Waals surface area contributed by atoms with E-state index in [1.54, 1.807) is 36.7 Å². The molecule has 0 N–H and O–H groups in total. The molecule has 0 spiro atoms. The Hall–Kier alpha value is -2.96. The minimum Gasteiger partial charge on any atom is -0.293 e. The van der Waals surface area contributed by atoms with Crippen molar-refractivity contribution in [1.82, 2.24) is 19.7 Å². The largest absolute Gasteiger partial charge is 0.293 e. The van der Waals surface area contributed by atoms with E-state index in [-0.39, 0.29) is 11.0 Å². The lowest BCUT2D eigenvalue weighted by molar-refractivity contribution is 0.0994. The highest BCUT2D eigenvalue weighted by Crippen LogP contribution is 2.32. The summed E-state index contributed by atoms with van der Waals surface area (Å²) in [7, 11) is 0. The molecule has 0 bridgehead atoms. The molecule has 1 atom stereocenters. The summed E-state index contributed by atoms with van der Waals surface area (Å²) in [6.45, 7) is 3.92. The molecule has 2 aromatic heterocycles. The van der Waals surface area contributed by atoms with Crippen molar-refractivity contribution in [3.8, 4) is 17.1 Å². The minimum atomic E-state index is -0.347. The lowest BCUT2D eigenvalue weighted by Gasteiger charge is -2.15. The van der Waals surface area contributed by atoms with E-state index in [0.29, 0.717) is 21.6 Å². The fourth-order valence-electron chi connectivity index (χ4n) is 3.12. The Balaban J connectivity index is 1.73. The number of hydrogen-bond acceptors (Lipinski definition) is 5. The van der Waals surface area contributed by atoms with Gasteiger partial charge in [-0.1, -0.05) is 41.6 Å². The molecular formula is C23H19ClN4OS. The number of halogens is 1. The lowest BCUT2D eigenvalue weighted by atomic mass is 10.1. The summed E-state index contributed by atoms with van der Waals surface area (Å²) in [5.41, 5.74) is 3.53. The molecule has 4 rings (SSSR count). The molecule has 5 nitrogen and oxygen atoms in total. The van der Waals surface area contributed by atoms with E-state index < -0.39 is 0 Å². The SMILES string of the molecule is Cc1ccccc1-n1c(SC(C)C(=O)c2ccc(Cl)cc2)nnc1-c1cccnc1. The van der Waals surface area contributed by atoms with Crippen molar-refractivity contribution in [3.63, 3.8) is 0 Å². The second kappa shape index (κ2) is 8.81. The Morgan fingerprint density at radius 2 is 1.80 bits per heavy atom. The van der Waals surface area contributed by atoms with Gasteiger partial charge in [-0.3, -0.25) is 14.3 Å². The molecule has 0 aliphatic heterocycles. The molecule has 30 heavy (non-hydrogen) atoms. The van der Waals surface area contributed by atoms with Crippen molar-refractivity contribution in [2.45, 2.75) is 24.3 Å². The molecule has 0 saturated heterocycles. The van der Waals surface area contributed by atoms with E-state index in [2.05, 4.69) is 15.2 Å². The Morgan fingerprint density at radius 3 is 2.50 bits per heavy atom. The Labute approximate surface area is 184 Å². The number of carbonyl (C=O) groups is 1. The van der Waals surface area contributed by atoms with E-state index in [9.17, 15) is 4.79 Å². The molecule has 0 amide bonds. The number of carbonyl (C=O) groups excluding carboxylic acids is 1. The molecule has 2 aromatic carbocycles. The number of aromatic nitrogens is 4. The molecule has 0 aliphatic rings. The summed E-state index contributed by atoms with van der Waals surface area (Å²) in [5.74, 6) is 0.699. The van der Waals surface area contributed by atoms with E-state index in [0.717, 1.165) is 16.8 Å². The van der Waals surface area contributed by atoms with Crippen LogP contribution in [0.5, 0.6) is 0 Å². The maximum atomic E-state index is 12.9. The normalized spacial score (nSPS) is 12.0. The third-order valence-electron chi connectivity index (χ3n) is 4.69. The fraction of sp³-hybridized carbons (Fsp3) is 0.130. The van der Waals surface area contributed by atoms with Gasteiger partial charge in [0.25, 0.3) is 0 Å². The number of para-hydroxylation sites is 1. The van der Waals surface area contributed by atoms with Crippen LogP contribution in [0.25, 0.3) is 17.1 Å². The van der Waals surface area contributed by atoms with Gasteiger partial charge in [0.05, 0.1) is 10.9 Å². The van der Waals surface area contributed by atoms with Crippen LogP contribution in [0.15, 0.2) is 78.2 Å². The number of nitrogens with zero attached hydrogens (tertiary/aromatic N) is 4. The summed E-state index contributed by atoms with van der Waals surface area (Å²) < 4.78 is 1.99. The fourth-order valence-corrected chi connectivity index (χ4v) is 4.18. The van der Waals surface area contributed by atoms with Gasteiger partial charge in [-0.15, -0.1) is 10.2 Å². The highest BCUT2D eigenvalue weighted by Gasteiger charge is 2.23. The number of Topliss-reactive ketones (excluding diaryl/α,β-unsaturated/α-hetero) is 1. The molecule has 7 heteroatoms. The van der Waals surface area contributed by atoms with Gasteiger partial charge >= 0.3 is 0 Å². The molecular weight excluding hydrogens is 416 g/mol. The Bertz CT molecular complexity index is 1180. The van der Waals surface area contributed by atoms with E-state index in [1.807, 2.05) is 54.8 Å². The predicted octanol–water partition coefficient (Wildman–Crippen LogP) is 5.65. The quantitative estimate of drug-likeness (QED) is 0.289. The highest BCUT2D eigenvalue weighted by atomic mass is 35.5. The summed E-state index contributed by atoms with van der Waals surface area (Å²) in [5, 5.41) is 9.75. The van der Waals surface area contributed by atoms with E-state index >= 15 is 0 Å². The van der Waals surface area contributed by atoms with Crippen molar-refractivity contribution < 1.29 is 4.79 Å². The molecule has 2 heterocycles. The number of benzene rings is 2. The van der Waals surface area contributed by atoms with E-state index in [1.165, 1.54) is 11.8 Å². The number of rotatable bonds is 6. The van der Waals surface area contributed by atoms with Crippen LogP contribution in [-0.4, -0.2) is 30.8 Å². The predicted molar refractivity (Wildman–Crippen MR) is 120 cm³/mol. The zero-order chi connectivity index (χ0) is 21.1. The zero-order valence-electron chi connectivity index (χ0n) is 16.5. The number of hydrogen-bond donors (Lipinski definition) is 0. The van der Waals surface area contributed by atoms with Gasteiger partial charge < -0.3 is 0 Å². The molecule has 1 unspecified atom stereocenters. The summed E-state index contributed by atoms with van der Waals surface area (Å²) >= 11 is 7.33. The first kappa shape index (κ1) is 20.3. The first-order valence-corrected chi connectivity index (χ1v) is 10.7. The van der Waals surface area contributed by atoms with Gasteiger partial charge in [-0.05, 0) is 61.9 Å². The van der Waals surface area contributed by atoms with E-state index in [4.69, 9.17) is 11.6 Å². The zero-order valence-corrected chi connectivity index (χ0v) is 18.1. The maximum Gasteiger partial charge on any atom is 0.196 e. The van der Waals surface area contributed by atoms with Crippen LogP contribution < -0.4 is 0 Å². The van der Waals surface area contributed by atoms with Gasteiger partial charge in [-0.25, -0.2) is 0 Å². The van der Waals surface area contributed by atoms with Gasteiger partial charge in [0, 0.05) is 28.5 Å². The average molecular weight is 435 g/mol. The molecule has 150 valence electrons. The first-order chi connectivity index (χ1) is 14.5. The topological polar surface area (TPSA) is 60.7 Å². The van der Waals surface area contributed by atoms with Crippen LogP contribution in [-0.2, 0) is 0 Å². The van der Waals surface area contributed by atoms with Crippen LogP contribution in [0.2, 0.25) is 5.02 Å². The molecule has 0 radical (unpaired) electrons. The van der Waals surface area contributed by atoms with Crippen molar-refractivity contribution >= 4 is 29.1 Å². The van der Waals surface area contributed by atoms with Crippen molar-refractivity contribution in [1.29, 1.82) is 0 Å². The van der Waals surface area contributed by atoms with Crippen LogP contribution in [0, 0.1) is 6.92 Å². The number of ketones is 1. The second-order valence-electron chi connectivity index (χ2n) is 6.80. The Kier molecular flexibility index (Phi) is 5.97. The van der Waals surface area contributed by atoms with Crippen LogP contribution >= 0.6 is 23.4 Å². The van der Waals surface area contributed by atoms with Crippen molar-refractivity contribution in [2.75, 3.05) is 0 Å². The number of thioether (sulfide) groups is 1. The minimum absolute atomic E-state index is 0.0129. The summed E-state index contributed by atoms with van der Waals surface area (Å²) in [6.07, 6.45) is 3.48. The highest BCUT2D eigenvalue weighted by molar-refractivity contribution is 8.00. The lowest BCUT2D eigenvalue weighted by Crippen LogP contribution is -2.14. The Morgan fingerprint density at radius 1 is 1.03 bits per heavy atom. The molecule has 0 aliphatic carbocycles. The summed E-state index contributed by atoms with van der Waals surface area (Å²) in [6, 6.07) is 18.8. The smallest absolute Gasteiger partial charge is 0.196 e. The summed E-state index contributed by atoms with van der Waals surface area (Å²) in [4.78, 5) is 17.1. The molecule has 0 saturated carbocycles. The third-order valence-corrected chi connectivity index (χ3v) is 5.98. The maximum absolute atomic E-state index is 12.9. The third kappa shape index (κ3) is 4.15. The van der Waals surface area contributed by atoms with Crippen molar-refractivity contribution in [3.05, 3.63) is 89.2 Å². The molecule has 4 aromatic rings. The van der Waals surface area contributed by atoms with Gasteiger partial charge in [-0.2, -0.15) is 0 Å². The second-order valence-corrected chi connectivity index (χ2v) is 8.55. The van der Waals surface area contributed by atoms with Crippen molar-refractivity contribution in [2.24, 2.45) is 0 Å². The monoisotopic (exact) mass is 434 g/mol. The number of aryl methyl sites for hydroxylation is 1. The van der Waals surface area contributed by atoms with Gasteiger partial charge in [0.1, 0.15) is 0 Å². The van der Waals surface area contributed by atoms with Crippen LogP contribution in [0.4, 0.5) is 0 Å². The van der Waals surface area contributed by atoms with Gasteiger partial charge in [0.2, 0.25) is 0 Å². The molecule has 0 fully saturated rings. The number of pyridine rings is 1. The van der Waals surface area contributed by atoms with Crippen LogP contribution in [0.1, 0.15) is 22.8 Å². The van der Waals surface area contributed by atoms with Crippen LogP contribution in [0.3, 0.4) is 0 Å². The first-order valence-electron chi connectivity index (χ1n) is 9.43. The standard InChI is InChI=1S/C23H19ClN4OS/c1-15-6-3-4-8-20(15)28-22(18-7-5-13-25-14-18)26-27-23(28)30-16(2)21(29)17-9-11-19(24)12-10-17/h3-14,16H,1-2H3. The van der Waals surface area contributed by atoms with Gasteiger partial charge in [0.15, 0.2) is 16.8 Å².